The van der Waals surface area contributed by atoms with Crippen LogP contribution >= 0.6 is 0 Å². The lowest BCUT2D eigenvalue weighted by Gasteiger charge is -2.39. The van der Waals surface area contributed by atoms with Gasteiger partial charge < -0.3 is 29.9 Å². The predicted molar refractivity (Wildman–Crippen MR) is 185 cm³/mol. The van der Waals surface area contributed by atoms with E-state index in [0.717, 1.165) is 37.3 Å². The van der Waals surface area contributed by atoms with E-state index in [-0.39, 0.29) is 17.8 Å². The molecule has 1 aromatic heterocycles. The molecule has 3 aromatic carbocycles. The van der Waals surface area contributed by atoms with E-state index in [1.165, 1.54) is 24.5 Å². The van der Waals surface area contributed by atoms with Crippen molar-refractivity contribution in [3.8, 4) is 17.2 Å². The standard InChI is InChI=1S/C36H40FN7O4/c1-5-36(45)41-30-19-31(33(46-4)20-32(30)43-14-13-42(3)24(2)22-43)40-34-21-35(39-23-38-34)44-27(12-15-47-44)16-25-8-6-10-28(17-25)48-29-11-7-9-26(37)18-29/h5-11,17-21,23-24,27H,1,12-16,22H2,2-4H3,(H,41,45)(H,38,39,40)/t24-,27-/m1/s1. The number of likely N-dealkylation sites (N-methyl/N-ethyl adjacent to an activating group) is 1. The normalized spacial score (nSPS) is 18.0. The lowest BCUT2D eigenvalue weighted by Crippen LogP contribution is -2.50. The number of carbonyl (C=O) groups is 1. The molecule has 48 heavy (non-hydrogen) atoms. The summed E-state index contributed by atoms with van der Waals surface area (Å²) in [5.41, 5.74) is 3.18. The molecule has 12 heteroatoms. The molecule has 0 saturated carbocycles. The summed E-state index contributed by atoms with van der Waals surface area (Å²) in [5, 5.41) is 8.15. The molecule has 4 aromatic rings. The Kier molecular flexibility index (Phi) is 10.0. The van der Waals surface area contributed by atoms with E-state index < -0.39 is 0 Å². The molecule has 2 N–H and O–H groups in total. The number of piperazine rings is 1. The lowest BCUT2D eigenvalue weighted by atomic mass is 10.0. The Bertz CT molecular complexity index is 1770. The molecule has 250 valence electrons. The van der Waals surface area contributed by atoms with E-state index in [4.69, 9.17) is 14.3 Å². The molecule has 11 nitrogen and oxygen atoms in total. The summed E-state index contributed by atoms with van der Waals surface area (Å²) >= 11 is 0. The van der Waals surface area contributed by atoms with Crippen molar-refractivity contribution in [2.24, 2.45) is 0 Å². The summed E-state index contributed by atoms with van der Waals surface area (Å²) in [5.74, 6) is 2.14. The number of hydroxylamine groups is 1. The van der Waals surface area contributed by atoms with Crippen LogP contribution in [0.2, 0.25) is 0 Å². The van der Waals surface area contributed by atoms with Crippen molar-refractivity contribution in [1.29, 1.82) is 0 Å². The molecule has 0 aliphatic carbocycles. The maximum Gasteiger partial charge on any atom is 0.247 e. The van der Waals surface area contributed by atoms with Crippen LogP contribution in [0.4, 0.5) is 33.1 Å². The molecule has 0 unspecified atom stereocenters. The molecule has 0 radical (unpaired) electrons. The first-order chi connectivity index (χ1) is 23.3. The van der Waals surface area contributed by atoms with Crippen LogP contribution < -0.4 is 30.1 Å². The van der Waals surface area contributed by atoms with Crippen molar-refractivity contribution in [2.45, 2.75) is 31.8 Å². The number of nitrogens with one attached hydrogen (secondary N) is 2. The molecule has 1 amide bonds. The van der Waals surface area contributed by atoms with Crippen molar-refractivity contribution in [1.82, 2.24) is 14.9 Å². The molecule has 6 rings (SSSR count). The molecule has 2 aliphatic rings. The maximum atomic E-state index is 13.7. The van der Waals surface area contributed by atoms with Crippen LogP contribution in [0.3, 0.4) is 0 Å². The summed E-state index contributed by atoms with van der Waals surface area (Å²) in [6.45, 7) is 8.87. The number of hydrogen-bond donors (Lipinski definition) is 2. The Labute approximate surface area is 279 Å². The lowest BCUT2D eigenvalue weighted by molar-refractivity contribution is -0.111. The number of benzene rings is 3. The zero-order valence-electron chi connectivity index (χ0n) is 27.4. The predicted octanol–water partition coefficient (Wildman–Crippen LogP) is 6.18. The second-order valence-corrected chi connectivity index (χ2v) is 11.9. The minimum absolute atomic E-state index is 0.0117. The van der Waals surface area contributed by atoms with Gasteiger partial charge in [-0.1, -0.05) is 24.8 Å². The number of aromatic nitrogens is 2. The first-order valence-electron chi connectivity index (χ1n) is 15.9. The van der Waals surface area contributed by atoms with Gasteiger partial charge in [-0.05, 0) is 68.8 Å². The summed E-state index contributed by atoms with van der Waals surface area (Å²) in [4.78, 5) is 32.0. The molecule has 2 atom stereocenters. The highest BCUT2D eigenvalue weighted by Gasteiger charge is 2.29. The van der Waals surface area contributed by atoms with Crippen LogP contribution in [0.1, 0.15) is 18.9 Å². The van der Waals surface area contributed by atoms with E-state index in [9.17, 15) is 9.18 Å². The molecule has 2 fully saturated rings. The first kappa shape index (κ1) is 32.7. The average molecular weight is 654 g/mol. The van der Waals surface area contributed by atoms with Gasteiger partial charge in [0.05, 0.1) is 36.8 Å². The molecule has 3 heterocycles. The third-order valence-corrected chi connectivity index (χ3v) is 8.62. The van der Waals surface area contributed by atoms with Crippen LogP contribution in [0.25, 0.3) is 0 Å². The van der Waals surface area contributed by atoms with Gasteiger partial charge in [-0.3, -0.25) is 9.63 Å². The fourth-order valence-corrected chi connectivity index (χ4v) is 5.94. The number of nitrogens with zero attached hydrogens (tertiary/aromatic N) is 5. The Morgan fingerprint density at radius 3 is 2.67 bits per heavy atom. The highest BCUT2D eigenvalue weighted by Crippen LogP contribution is 2.39. The smallest absolute Gasteiger partial charge is 0.247 e. The number of halogens is 1. The highest BCUT2D eigenvalue weighted by molar-refractivity contribution is 6.02. The molecule has 0 bridgehead atoms. The van der Waals surface area contributed by atoms with Gasteiger partial charge in [0, 0.05) is 43.9 Å². The Balaban J connectivity index is 1.21. The van der Waals surface area contributed by atoms with Crippen LogP contribution in [-0.4, -0.2) is 73.3 Å². The molecular weight excluding hydrogens is 613 g/mol. The third kappa shape index (κ3) is 7.67. The van der Waals surface area contributed by atoms with Crippen LogP contribution in [-0.2, 0) is 16.1 Å². The van der Waals surface area contributed by atoms with Crippen molar-refractivity contribution in [3.05, 3.63) is 97.1 Å². The Morgan fingerprint density at radius 2 is 1.90 bits per heavy atom. The molecule has 2 aliphatic heterocycles. The molecule has 0 spiro atoms. The van der Waals surface area contributed by atoms with E-state index in [1.807, 2.05) is 47.5 Å². The highest BCUT2D eigenvalue weighted by atomic mass is 19.1. The zero-order valence-corrected chi connectivity index (χ0v) is 27.4. The summed E-state index contributed by atoms with van der Waals surface area (Å²) in [6, 6.07) is 19.8. The van der Waals surface area contributed by atoms with Crippen LogP contribution in [0, 0.1) is 5.82 Å². The van der Waals surface area contributed by atoms with Gasteiger partial charge in [0.1, 0.15) is 35.2 Å². The van der Waals surface area contributed by atoms with Gasteiger partial charge >= 0.3 is 0 Å². The fourth-order valence-electron chi connectivity index (χ4n) is 5.94. The average Bonchev–Trinajstić information content (AvgIpc) is 3.54. The molecular formula is C36H40FN7O4. The summed E-state index contributed by atoms with van der Waals surface area (Å²) in [7, 11) is 3.73. The minimum atomic E-state index is -0.350. The van der Waals surface area contributed by atoms with Gasteiger partial charge in [0.25, 0.3) is 0 Å². The van der Waals surface area contributed by atoms with Gasteiger partial charge in [0.15, 0.2) is 5.82 Å². The van der Waals surface area contributed by atoms with E-state index >= 15 is 0 Å². The van der Waals surface area contributed by atoms with E-state index in [1.54, 1.807) is 19.2 Å². The zero-order chi connectivity index (χ0) is 33.6. The minimum Gasteiger partial charge on any atom is -0.494 e. The SMILES string of the molecule is C=CC(=O)Nc1cc(Nc2cc(N3OCC[C@@H]3Cc3cccc(Oc4cccc(F)c4)c3)ncn2)c(OC)cc1N1CCN(C)[C@H](C)C1. The number of rotatable bonds is 11. The van der Waals surface area contributed by atoms with Crippen LogP contribution in [0.5, 0.6) is 17.2 Å². The fraction of sp³-hybridized carbons (Fsp3) is 0.306. The van der Waals surface area contributed by atoms with Crippen molar-refractivity contribution in [2.75, 3.05) is 61.0 Å². The largest absolute Gasteiger partial charge is 0.494 e. The summed E-state index contributed by atoms with van der Waals surface area (Å²) < 4.78 is 25.4. The van der Waals surface area contributed by atoms with Gasteiger partial charge in [0.2, 0.25) is 5.91 Å². The van der Waals surface area contributed by atoms with Gasteiger partial charge in [-0.25, -0.2) is 19.4 Å². The van der Waals surface area contributed by atoms with E-state index in [0.29, 0.717) is 59.3 Å². The second-order valence-electron chi connectivity index (χ2n) is 11.9. The Morgan fingerprint density at radius 1 is 1.08 bits per heavy atom. The number of ether oxygens (including phenoxy) is 2. The number of anilines is 5. The maximum absolute atomic E-state index is 13.7. The quantitative estimate of drug-likeness (QED) is 0.183. The van der Waals surface area contributed by atoms with Gasteiger partial charge in [-0.2, -0.15) is 0 Å². The first-order valence-corrected chi connectivity index (χ1v) is 15.9. The number of amides is 1. The van der Waals surface area contributed by atoms with E-state index in [2.05, 4.69) is 51.0 Å². The number of carbonyl (C=O) groups excluding carboxylic acids is 1. The number of methoxy groups -OCH3 is 1. The summed E-state index contributed by atoms with van der Waals surface area (Å²) in [6.07, 6.45) is 4.22. The van der Waals surface area contributed by atoms with Gasteiger partial charge in [-0.15, -0.1) is 0 Å². The van der Waals surface area contributed by atoms with Crippen molar-refractivity contribution >= 4 is 34.6 Å². The van der Waals surface area contributed by atoms with Crippen molar-refractivity contribution in [3.63, 3.8) is 0 Å². The van der Waals surface area contributed by atoms with Crippen molar-refractivity contribution < 1.29 is 23.5 Å². The topological polar surface area (TPSA) is 104 Å². The Hall–Kier alpha value is -5.20. The second kappa shape index (κ2) is 14.7. The van der Waals surface area contributed by atoms with Crippen LogP contribution in [0.15, 0.2) is 85.7 Å². The number of hydrogen-bond acceptors (Lipinski definition) is 10. The monoisotopic (exact) mass is 653 g/mol. The third-order valence-electron chi connectivity index (χ3n) is 8.62. The molecule has 2 saturated heterocycles.